The van der Waals surface area contributed by atoms with Gasteiger partial charge in [-0.05, 0) is 23.8 Å². The summed E-state index contributed by atoms with van der Waals surface area (Å²) in [7, 11) is 0. The van der Waals surface area contributed by atoms with Gasteiger partial charge >= 0.3 is 0 Å². The molecule has 1 unspecified atom stereocenters. The van der Waals surface area contributed by atoms with Gasteiger partial charge < -0.3 is 9.64 Å². The SMILES string of the molecule is O=C1COc2ccccc2N1CC1CSc2ccccc21. The van der Waals surface area contributed by atoms with Crippen LogP contribution in [0.5, 0.6) is 5.75 Å². The molecule has 0 fully saturated rings. The first kappa shape index (κ1) is 12.8. The van der Waals surface area contributed by atoms with Crippen molar-refractivity contribution in [1.82, 2.24) is 0 Å². The molecule has 0 saturated heterocycles. The van der Waals surface area contributed by atoms with E-state index < -0.39 is 0 Å². The van der Waals surface area contributed by atoms with Gasteiger partial charge in [0.2, 0.25) is 0 Å². The van der Waals surface area contributed by atoms with Crippen molar-refractivity contribution in [3.8, 4) is 5.75 Å². The van der Waals surface area contributed by atoms with E-state index in [1.54, 1.807) is 0 Å². The van der Waals surface area contributed by atoms with E-state index in [0.717, 1.165) is 23.7 Å². The Kier molecular flexibility index (Phi) is 3.11. The summed E-state index contributed by atoms with van der Waals surface area (Å²) >= 11 is 1.88. The number of nitrogens with zero attached hydrogens (tertiary/aromatic N) is 1. The molecule has 0 N–H and O–H groups in total. The zero-order valence-electron chi connectivity index (χ0n) is 11.5. The number of benzene rings is 2. The Hall–Kier alpha value is -1.94. The van der Waals surface area contributed by atoms with E-state index >= 15 is 0 Å². The Morgan fingerprint density at radius 1 is 1.14 bits per heavy atom. The van der Waals surface area contributed by atoms with E-state index in [2.05, 4.69) is 24.3 Å². The van der Waals surface area contributed by atoms with Crippen LogP contribution in [0.4, 0.5) is 5.69 Å². The molecule has 0 saturated carbocycles. The quantitative estimate of drug-likeness (QED) is 0.852. The van der Waals surface area contributed by atoms with Crippen LogP contribution < -0.4 is 9.64 Å². The summed E-state index contributed by atoms with van der Waals surface area (Å²) in [6, 6.07) is 16.3. The molecule has 4 heteroatoms. The zero-order chi connectivity index (χ0) is 14.2. The molecule has 1 atom stereocenters. The van der Waals surface area contributed by atoms with Gasteiger partial charge in [0, 0.05) is 23.1 Å². The molecule has 2 aromatic carbocycles. The number of amides is 1. The maximum absolute atomic E-state index is 12.3. The normalized spacial score (nSPS) is 19.9. The van der Waals surface area contributed by atoms with Crippen molar-refractivity contribution >= 4 is 23.4 Å². The molecule has 21 heavy (non-hydrogen) atoms. The average molecular weight is 297 g/mol. The Balaban J connectivity index is 1.65. The van der Waals surface area contributed by atoms with Gasteiger partial charge in [-0.1, -0.05) is 30.3 Å². The monoisotopic (exact) mass is 297 g/mol. The van der Waals surface area contributed by atoms with Gasteiger partial charge in [-0.15, -0.1) is 11.8 Å². The van der Waals surface area contributed by atoms with Crippen LogP contribution in [0.25, 0.3) is 0 Å². The van der Waals surface area contributed by atoms with Crippen molar-refractivity contribution < 1.29 is 9.53 Å². The lowest BCUT2D eigenvalue weighted by Gasteiger charge is -2.31. The van der Waals surface area contributed by atoms with E-state index in [1.165, 1.54) is 10.5 Å². The van der Waals surface area contributed by atoms with Gasteiger partial charge in [0.25, 0.3) is 5.91 Å². The molecule has 0 radical (unpaired) electrons. The van der Waals surface area contributed by atoms with Crippen molar-refractivity contribution in [3.05, 3.63) is 54.1 Å². The third-order valence-corrected chi connectivity index (χ3v) is 5.26. The van der Waals surface area contributed by atoms with Gasteiger partial charge in [-0.3, -0.25) is 4.79 Å². The van der Waals surface area contributed by atoms with Crippen molar-refractivity contribution in [2.45, 2.75) is 10.8 Å². The van der Waals surface area contributed by atoms with Crippen molar-refractivity contribution in [2.24, 2.45) is 0 Å². The van der Waals surface area contributed by atoms with Gasteiger partial charge in [0.15, 0.2) is 6.61 Å². The van der Waals surface area contributed by atoms with Crippen molar-refractivity contribution in [2.75, 3.05) is 23.8 Å². The molecule has 0 spiro atoms. The Morgan fingerprint density at radius 2 is 1.95 bits per heavy atom. The minimum Gasteiger partial charge on any atom is -0.482 e. The number of hydrogen-bond donors (Lipinski definition) is 0. The van der Waals surface area contributed by atoms with Crippen LogP contribution in [0, 0.1) is 0 Å². The average Bonchev–Trinajstić information content (AvgIpc) is 2.93. The summed E-state index contributed by atoms with van der Waals surface area (Å²) in [5.41, 5.74) is 2.25. The molecule has 2 aliphatic heterocycles. The van der Waals surface area contributed by atoms with Gasteiger partial charge in [0.05, 0.1) is 5.69 Å². The number of anilines is 1. The van der Waals surface area contributed by atoms with E-state index in [0.29, 0.717) is 5.92 Å². The van der Waals surface area contributed by atoms with Gasteiger partial charge in [-0.25, -0.2) is 0 Å². The zero-order valence-corrected chi connectivity index (χ0v) is 12.3. The molecule has 3 nitrogen and oxygen atoms in total. The first-order valence-corrected chi connectivity index (χ1v) is 8.05. The minimum absolute atomic E-state index is 0.0445. The minimum atomic E-state index is 0.0445. The molecule has 1 amide bonds. The summed E-state index contributed by atoms with van der Waals surface area (Å²) in [6.45, 7) is 0.863. The molecular formula is C17H15NO2S. The highest BCUT2D eigenvalue weighted by molar-refractivity contribution is 7.99. The predicted octanol–water partition coefficient (Wildman–Crippen LogP) is 3.30. The van der Waals surface area contributed by atoms with Crippen LogP contribution in [-0.2, 0) is 4.79 Å². The molecule has 0 bridgehead atoms. The van der Waals surface area contributed by atoms with Crippen molar-refractivity contribution in [1.29, 1.82) is 0 Å². The summed E-state index contributed by atoms with van der Waals surface area (Å²) in [4.78, 5) is 15.5. The first-order chi connectivity index (χ1) is 10.3. The Morgan fingerprint density at radius 3 is 2.90 bits per heavy atom. The smallest absolute Gasteiger partial charge is 0.265 e. The number of ether oxygens (including phenoxy) is 1. The molecule has 0 aliphatic carbocycles. The third kappa shape index (κ3) is 2.20. The predicted molar refractivity (Wildman–Crippen MR) is 84.2 cm³/mol. The summed E-state index contributed by atoms with van der Waals surface area (Å²) in [6.07, 6.45) is 0. The second kappa shape index (κ2) is 5.11. The number of carbonyl (C=O) groups excluding carboxylic acids is 1. The van der Waals surface area contributed by atoms with Crippen LogP contribution in [-0.4, -0.2) is 24.8 Å². The number of para-hydroxylation sites is 2. The molecular weight excluding hydrogens is 282 g/mol. The fourth-order valence-corrected chi connectivity index (χ4v) is 4.20. The maximum Gasteiger partial charge on any atom is 0.265 e. The van der Waals surface area contributed by atoms with Gasteiger partial charge in [-0.2, -0.15) is 0 Å². The van der Waals surface area contributed by atoms with Crippen LogP contribution in [0.1, 0.15) is 11.5 Å². The standard InChI is InChI=1S/C17H15NO2S/c19-17-10-20-15-7-3-2-6-14(15)18(17)9-12-11-21-16-8-4-1-5-13(12)16/h1-8,12H,9-11H2. The Bertz CT molecular complexity index is 701. The van der Waals surface area contributed by atoms with Gasteiger partial charge in [0.1, 0.15) is 5.75 Å². The number of hydrogen-bond acceptors (Lipinski definition) is 3. The number of carbonyl (C=O) groups is 1. The molecule has 106 valence electrons. The highest BCUT2D eigenvalue weighted by Gasteiger charge is 2.31. The molecule has 2 heterocycles. The number of rotatable bonds is 2. The summed E-state index contributed by atoms with van der Waals surface area (Å²) in [5.74, 6) is 2.27. The highest BCUT2D eigenvalue weighted by atomic mass is 32.2. The topological polar surface area (TPSA) is 29.5 Å². The third-order valence-electron chi connectivity index (χ3n) is 4.01. The van der Waals surface area contributed by atoms with E-state index in [9.17, 15) is 4.79 Å². The van der Waals surface area contributed by atoms with Crippen molar-refractivity contribution in [3.63, 3.8) is 0 Å². The Labute approximate surface area is 127 Å². The summed E-state index contributed by atoms with van der Waals surface area (Å²) in [5, 5.41) is 0. The van der Waals surface area contributed by atoms with E-state index in [1.807, 2.05) is 40.9 Å². The van der Waals surface area contributed by atoms with E-state index in [-0.39, 0.29) is 12.5 Å². The summed E-state index contributed by atoms with van der Waals surface area (Å²) < 4.78 is 5.50. The van der Waals surface area contributed by atoms with E-state index in [4.69, 9.17) is 4.74 Å². The lowest BCUT2D eigenvalue weighted by Crippen LogP contribution is -2.41. The van der Waals surface area contributed by atoms with Crippen LogP contribution in [0.3, 0.4) is 0 Å². The molecule has 2 aromatic rings. The number of thioether (sulfide) groups is 1. The highest BCUT2D eigenvalue weighted by Crippen LogP contribution is 2.41. The first-order valence-electron chi connectivity index (χ1n) is 7.07. The molecule has 2 aliphatic rings. The lowest BCUT2D eigenvalue weighted by molar-refractivity contribution is -0.121. The maximum atomic E-state index is 12.3. The van der Waals surface area contributed by atoms with Crippen LogP contribution in [0.2, 0.25) is 0 Å². The number of fused-ring (bicyclic) bond motifs is 2. The van der Waals surface area contributed by atoms with Crippen LogP contribution >= 0.6 is 11.8 Å². The van der Waals surface area contributed by atoms with Crippen LogP contribution in [0.15, 0.2) is 53.4 Å². The lowest BCUT2D eigenvalue weighted by atomic mass is 10.00. The molecule has 0 aromatic heterocycles. The second-order valence-corrected chi connectivity index (χ2v) is 6.37. The largest absolute Gasteiger partial charge is 0.482 e. The fraction of sp³-hybridized carbons (Fsp3) is 0.235. The second-order valence-electron chi connectivity index (χ2n) is 5.31. The fourth-order valence-electron chi connectivity index (χ4n) is 2.95. The molecule has 4 rings (SSSR count).